The van der Waals surface area contributed by atoms with E-state index in [0.717, 1.165) is 29.6 Å². The quantitative estimate of drug-likeness (QED) is 0.542. The van der Waals surface area contributed by atoms with Gasteiger partial charge < -0.3 is 5.32 Å². The van der Waals surface area contributed by atoms with Crippen LogP contribution in [0.25, 0.3) is 5.69 Å². The maximum Gasteiger partial charge on any atom is 0.237 e. The van der Waals surface area contributed by atoms with Gasteiger partial charge in [-0.05, 0) is 31.2 Å². The molecule has 1 amide bonds. The number of amides is 1. The summed E-state index contributed by atoms with van der Waals surface area (Å²) in [6, 6.07) is 11.0. The van der Waals surface area contributed by atoms with Crippen LogP contribution in [0.15, 0.2) is 53.9 Å². The molecular formula is C17H13F3N4OS. The Labute approximate surface area is 151 Å². The van der Waals surface area contributed by atoms with Gasteiger partial charge in [-0.1, -0.05) is 30.0 Å². The Morgan fingerprint density at radius 2 is 1.85 bits per heavy atom. The second-order valence-corrected chi connectivity index (χ2v) is 6.59. The van der Waals surface area contributed by atoms with Gasteiger partial charge in [0, 0.05) is 0 Å². The smallest absolute Gasteiger partial charge is 0.237 e. The average molecular weight is 378 g/mol. The Balaban J connectivity index is 1.67. The second-order valence-electron chi connectivity index (χ2n) is 5.28. The molecule has 0 aliphatic carbocycles. The third-order valence-corrected chi connectivity index (χ3v) is 4.40. The molecule has 0 spiro atoms. The number of nitrogens with zero attached hydrogens (tertiary/aromatic N) is 3. The number of benzene rings is 2. The van der Waals surface area contributed by atoms with Gasteiger partial charge in [0.25, 0.3) is 0 Å². The number of aromatic nitrogens is 3. The number of hydrogen-bond acceptors (Lipinski definition) is 4. The van der Waals surface area contributed by atoms with E-state index in [1.54, 1.807) is 11.6 Å². The maximum atomic E-state index is 13.6. The lowest BCUT2D eigenvalue weighted by molar-refractivity contribution is -0.115. The summed E-state index contributed by atoms with van der Waals surface area (Å²) in [4.78, 5) is 16.3. The first-order valence-electron chi connectivity index (χ1n) is 7.54. The lowest BCUT2D eigenvalue weighted by Crippen LogP contribution is -2.23. The molecule has 3 aromatic rings. The Bertz CT molecular complexity index is 933. The van der Waals surface area contributed by atoms with E-state index >= 15 is 0 Å². The van der Waals surface area contributed by atoms with Gasteiger partial charge in [0.1, 0.15) is 6.33 Å². The summed E-state index contributed by atoms with van der Waals surface area (Å²) >= 11 is 1.05. The number of hydrogen-bond donors (Lipinski definition) is 1. The van der Waals surface area contributed by atoms with Gasteiger partial charge in [-0.25, -0.2) is 22.8 Å². The fraction of sp³-hybridized carbons (Fsp3) is 0.118. The number of thioether (sulfide) groups is 1. The molecule has 1 unspecified atom stereocenters. The monoisotopic (exact) mass is 378 g/mol. The minimum Gasteiger partial charge on any atom is -0.323 e. The molecule has 0 fully saturated rings. The molecule has 0 aliphatic heterocycles. The second kappa shape index (κ2) is 7.61. The fourth-order valence-electron chi connectivity index (χ4n) is 2.08. The standard InChI is InChI=1S/C17H13F3N4OS/c1-10(16(25)22-13-8-7-12(18)14(19)15(13)20)26-17-21-9-24(23-17)11-5-3-2-4-6-11/h2-10H,1H3,(H,22,25). The van der Waals surface area contributed by atoms with Crippen LogP contribution >= 0.6 is 11.8 Å². The first-order valence-corrected chi connectivity index (χ1v) is 8.42. The number of carbonyl (C=O) groups is 1. The van der Waals surface area contributed by atoms with E-state index in [1.807, 2.05) is 30.3 Å². The van der Waals surface area contributed by atoms with Crippen LogP contribution in [0.5, 0.6) is 0 Å². The van der Waals surface area contributed by atoms with Crippen LogP contribution in [0, 0.1) is 17.5 Å². The highest BCUT2D eigenvalue weighted by Gasteiger charge is 2.20. The van der Waals surface area contributed by atoms with E-state index in [4.69, 9.17) is 0 Å². The van der Waals surface area contributed by atoms with E-state index in [0.29, 0.717) is 5.16 Å². The lowest BCUT2D eigenvalue weighted by Gasteiger charge is -2.11. The van der Waals surface area contributed by atoms with E-state index in [-0.39, 0.29) is 0 Å². The summed E-state index contributed by atoms with van der Waals surface area (Å²) in [7, 11) is 0. The number of anilines is 1. The van der Waals surface area contributed by atoms with Crippen molar-refractivity contribution in [1.82, 2.24) is 14.8 Å². The number of nitrogens with one attached hydrogen (secondary N) is 1. The highest BCUT2D eigenvalue weighted by atomic mass is 32.2. The van der Waals surface area contributed by atoms with Gasteiger partial charge in [0.2, 0.25) is 11.1 Å². The van der Waals surface area contributed by atoms with Crippen LogP contribution in [0.1, 0.15) is 6.92 Å². The molecule has 3 rings (SSSR count). The predicted octanol–water partition coefficient (Wildman–Crippen LogP) is 3.80. The minimum atomic E-state index is -1.63. The van der Waals surface area contributed by atoms with Crippen molar-refractivity contribution in [3.63, 3.8) is 0 Å². The summed E-state index contributed by atoms with van der Waals surface area (Å²) in [5, 5.41) is 6.15. The van der Waals surface area contributed by atoms with E-state index < -0.39 is 34.3 Å². The Morgan fingerprint density at radius 3 is 2.58 bits per heavy atom. The Hall–Kier alpha value is -2.81. The normalized spacial score (nSPS) is 12.0. The molecule has 26 heavy (non-hydrogen) atoms. The molecule has 9 heteroatoms. The van der Waals surface area contributed by atoms with Crippen molar-refractivity contribution in [1.29, 1.82) is 0 Å². The van der Waals surface area contributed by atoms with E-state index in [2.05, 4.69) is 15.4 Å². The van der Waals surface area contributed by atoms with Crippen LogP contribution in [-0.2, 0) is 4.79 Å². The Kier molecular flexibility index (Phi) is 5.27. The topological polar surface area (TPSA) is 59.8 Å². The van der Waals surface area contributed by atoms with Crippen molar-refractivity contribution in [2.24, 2.45) is 0 Å². The molecule has 5 nitrogen and oxygen atoms in total. The summed E-state index contributed by atoms with van der Waals surface area (Å²) in [6.45, 7) is 1.57. The third kappa shape index (κ3) is 3.88. The zero-order valence-electron chi connectivity index (χ0n) is 13.5. The predicted molar refractivity (Wildman–Crippen MR) is 91.6 cm³/mol. The van der Waals surface area contributed by atoms with E-state index in [1.165, 1.54) is 6.33 Å². The van der Waals surface area contributed by atoms with Crippen molar-refractivity contribution in [2.45, 2.75) is 17.3 Å². The molecular weight excluding hydrogens is 365 g/mol. The first kappa shape index (κ1) is 18.0. The van der Waals surface area contributed by atoms with Crippen molar-refractivity contribution in [2.75, 3.05) is 5.32 Å². The first-order chi connectivity index (χ1) is 12.5. The highest BCUT2D eigenvalue weighted by Crippen LogP contribution is 2.23. The van der Waals surface area contributed by atoms with Gasteiger partial charge in [-0.15, -0.1) is 5.10 Å². The summed E-state index contributed by atoms with van der Waals surface area (Å²) < 4.78 is 41.4. The molecule has 0 bridgehead atoms. The molecule has 134 valence electrons. The van der Waals surface area contributed by atoms with Crippen molar-refractivity contribution >= 4 is 23.4 Å². The fourth-order valence-corrected chi connectivity index (χ4v) is 2.80. The number of halogens is 3. The molecule has 0 aliphatic rings. The van der Waals surface area contributed by atoms with Crippen molar-refractivity contribution < 1.29 is 18.0 Å². The number of carbonyl (C=O) groups excluding carboxylic acids is 1. The van der Waals surface area contributed by atoms with Gasteiger partial charge in [-0.2, -0.15) is 0 Å². The van der Waals surface area contributed by atoms with E-state index in [9.17, 15) is 18.0 Å². The van der Waals surface area contributed by atoms with Gasteiger partial charge >= 0.3 is 0 Å². The van der Waals surface area contributed by atoms with Crippen LogP contribution in [0.3, 0.4) is 0 Å². The largest absolute Gasteiger partial charge is 0.323 e. The average Bonchev–Trinajstić information content (AvgIpc) is 3.11. The van der Waals surface area contributed by atoms with Gasteiger partial charge in [-0.3, -0.25) is 4.79 Å². The molecule has 1 heterocycles. The molecule has 1 N–H and O–H groups in total. The molecule has 2 aromatic carbocycles. The van der Waals surface area contributed by atoms with Crippen LogP contribution < -0.4 is 5.32 Å². The lowest BCUT2D eigenvalue weighted by atomic mass is 10.2. The van der Waals surface area contributed by atoms with Crippen LogP contribution in [0.4, 0.5) is 18.9 Å². The zero-order chi connectivity index (χ0) is 18.7. The summed E-state index contributed by atoms with van der Waals surface area (Å²) in [6.07, 6.45) is 1.51. The van der Waals surface area contributed by atoms with Gasteiger partial charge in [0.15, 0.2) is 17.5 Å². The maximum absolute atomic E-state index is 13.6. The molecule has 1 aromatic heterocycles. The summed E-state index contributed by atoms with van der Waals surface area (Å²) in [5.41, 5.74) is 0.386. The van der Waals surface area contributed by atoms with Crippen molar-refractivity contribution in [3.05, 3.63) is 66.2 Å². The highest BCUT2D eigenvalue weighted by molar-refractivity contribution is 8.00. The molecule has 0 saturated carbocycles. The molecule has 0 radical (unpaired) electrons. The summed E-state index contributed by atoms with van der Waals surface area (Å²) in [5.74, 6) is -4.98. The van der Waals surface area contributed by atoms with Crippen molar-refractivity contribution in [3.8, 4) is 5.69 Å². The Morgan fingerprint density at radius 1 is 1.12 bits per heavy atom. The third-order valence-electron chi connectivity index (χ3n) is 3.44. The number of rotatable bonds is 5. The minimum absolute atomic E-state index is 0.349. The molecule has 1 atom stereocenters. The van der Waals surface area contributed by atoms with Crippen LogP contribution in [0.2, 0.25) is 0 Å². The SMILES string of the molecule is CC(Sc1ncn(-c2ccccc2)n1)C(=O)Nc1ccc(F)c(F)c1F. The molecule has 0 saturated heterocycles. The zero-order valence-corrected chi connectivity index (χ0v) is 14.3. The number of para-hydroxylation sites is 1. The van der Waals surface area contributed by atoms with Gasteiger partial charge in [0.05, 0.1) is 16.6 Å². The van der Waals surface area contributed by atoms with Crippen LogP contribution in [-0.4, -0.2) is 25.9 Å².